The number of hydrogen-bond donors (Lipinski definition) is 0. The Kier molecular flexibility index (Phi) is 4.52. The highest BCUT2D eigenvalue weighted by Crippen LogP contribution is 2.22. The first kappa shape index (κ1) is 13.3. The molecule has 0 unspecified atom stereocenters. The molecule has 96 valence electrons. The molecule has 0 N–H and O–H groups in total. The smallest absolute Gasteiger partial charge is 0.162 e. The molecule has 4 nitrogen and oxygen atoms in total. The molecule has 5 heteroatoms. The summed E-state index contributed by atoms with van der Waals surface area (Å²) in [5.74, 6) is 0. The van der Waals surface area contributed by atoms with E-state index in [-0.39, 0.29) is 6.29 Å². The van der Waals surface area contributed by atoms with Crippen LogP contribution in [0.4, 0.5) is 0 Å². The van der Waals surface area contributed by atoms with Crippen LogP contribution in [0.25, 0.3) is 5.69 Å². The number of halogens is 1. The molecule has 0 saturated carbocycles. The molecule has 18 heavy (non-hydrogen) atoms. The first-order chi connectivity index (χ1) is 8.76. The molecule has 0 atom stereocenters. The van der Waals surface area contributed by atoms with Crippen LogP contribution in [-0.2, 0) is 15.9 Å². The first-order valence-electron chi connectivity index (χ1n) is 5.59. The van der Waals surface area contributed by atoms with Crippen molar-refractivity contribution in [3.05, 3.63) is 46.7 Å². The second-order valence-corrected chi connectivity index (χ2v) is 4.65. The van der Waals surface area contributed by atoms with Gasteiger partial charge in [0.15, 0.2) is 6.29 Å². The summed E-state index contributed by atoms with van der Waals surface area (Å²) in [6, 6.07) is 9.97. The standard InChI is InChI=1S/C13H15BrN2O2/c1-17-13(18-2)8-12-11(14)9-15-16(12)10-6-4-3-5-7-10/h3-7,9,13H,8H2,1-2H3. The number of ether oxygens (including phenoxy) is 2. The molecule has 0 saturated heterocycles. The summed E-state index contributed by atoms with van der Waals surface area (Å²) in [5, 5.41) is 4.37. The molecular weight excluding hydrogens is 296 g/mol. The Hall–Kier alpha value is -1.17. The number of hydrogen-bond acceptors (Lipinski definition) is 3. The Balaban J connectivity index is 2.33. The van der Waals surface area contributed by atoms with E-state index in [4.69, 9.17) is 9.47 Å². The van der Waals surface area contributed by atoms with E-state index < -0.39 is 0 Å². The normalized spacial score (nSPS) is 11.1. The fourth-order valence-electron chi connectivity index (χ4n) is 1.75. The number of para-hydroxylation sites is 1. The SMILES string of the molecule is COC(Cc1c(Br)cnn1-c1ccccc1)OC. The second-order valence-electron chi connectivity index (χ2n) is 3.79. The molecule has 0 aliphatic rings. The van der Waals surface area contributed by atoms with E-state index >= 15 is 0 Å². The highest BCUT2D eigenvalue weighted by Gasteiger charge is 2.15. The molecule has 0 bridgehead atoms. The van der Waals surface area contributed by atoms with Gasteiger partial charge in [0.05, 0.1) is 22.1 Å². The lowest BCUT2D eigenvalue weighted by molar-refractivity contribution is -0.101. The molecule has 1 heterocycles. The van der Waals surface area contributed by atoms with Crippen molar-refractivity contribution in [2.24, 2.45) is 0 Å². The van der Waals surface area contributed by atoms with E-state index in [1.165, 1.54) is 0 Å². The maximum absolute atomic E-state index is 5.23. The Labute approximate surface area is 115 Å². The number of rotatable bonds is 5. The van der Waals surface area contributed by atoms with E-state index in [0.717, 1.165) is 15.9 Å². The Bertz CT molecular complexity index is 495. The Morgan fingerprint density at radius 3 is 2.50 bits per heavy atom. The van der Waals surface area contributed by atoms with Gasteiger partial charge in [-0.2, -0.15) is 5.10 Å². The minimum atomic E-state index is -0.277. The molecular formula is C13H15BrN2O2. The predicted molar refractivity (Wildman–Crippen MR) is 72.8 cm³/mol. The minimum Gasteiger partial charge on any atom is -0.356 e. The van der Waals surface area contributed by atoms with Crippen molar-refractivity contribution < 1.29 is 9.47 Å². The Morgan fingerprint density at radius 2 is 1.89 bits per heavy atom. The second kappa shape index (κ2) is 6.13. The lowest BCUT2D eigenvalue weighted by Gasteiger charge is -2.15. The van der Waals surface area contributed by atoms with Crippen LogP contribution in [0.5, 0.6) is 0 Å². The van der Waals surface area contributed by atoms with Crippen molar-refractivity contribution in [1.29, 1.82) is 0 Å². The van der Waals surface area contributed by atoms with E-state index in [9.17, 15) is 0 Å². The third-order valence-electron chi connectivity index (χ3n) is 2.70. The summed E-state index contributed by atoms with van der Waals surface area (Å²) >= 11 is 3.51. The van der Waals surface area contributed by atoms with Gasteiger partial charge < -0.3 is 9.47 Å². The van der Waals surface area contributed by atoms with Crippen molar-refractivity contribution in [3.8, 4) is 5.69 Å². The van der Waals surface area contributed by atoms with Gasteiger partial charge in [-0.15, -0.1) is 0 Å². The van der Waals surface area contributed by atoms with Crippen molar-refractivity contribution in [3.63, 3.8) is 0 Å². The summed E-state index contributed by atoms with van der Waals surface area (Å²) < 4.78 is 13.3. The summed E-state index contributed by atoms with van der Waals surface area (Å²) in [6.45, 7) is 0. The maximum Gasteiger partial charge on any atom is 0.162 e. The van der Waals surface area contributed by atoms with E-state index in [0.29, 0.717) is 6.42 Å². The van der Waals surface area contributed by atoms with Gasteiger partial charge in [0, 0.05) is 20.6 Å². The van der Waals surface area contributed by atoms with Crippen LogP contribution in [0.2, 0.25) is 0 Å². The van der Waals surface area contributed by atoms with Gasteiger partial charge in [-0.05, 0) is 28.1 Å². The van der Waals surface area contributed by atoms with Gasteiger partial charge in [0.2, 0.25) is 0 Å². The third kappa shape index (κ3) is 2.80. The molecule has 1 aromatic carbocycles. The topological polar surface area (TPSA) is 36.3 Å². The van der Waals surface area contributed by atoms with Crippen molar-refractivity contribution >= 4 is 15.9 Å². The van der Waals surface area contributed by atoms with E-state index in [1.54, 1.807) is 20.4 Å². The molecule has 2 rings (SSSR count). The van der Waals surface area contributed by atoms with Gasteiger partial charge in [0.1, 0.15) is 0 Å². The van der Waals surface area contributed by atoms with E-state index in [2.05, 4.69) is 21.0 Å². The van der Waals surface area contributed by atoms with Crippen LogP contribution in [0.3, 0.4) is 0 Å². The zero-order chi connectivity index (χ0) is 13.0. The van der Waals surface area contributed by atoms with Gasteiger partial charge in [0.25, 0.3) is 0 Å². The molecule has 0 radical (unpaired) electrons. The van der Waals surface area contributed by atoms with Gasteiger partial charge >= 0.3 is 0 Å². The van der Waals surface area contributed by atoms with Crippen LogP contribution in [0, 0.1) is 0 Å². The van der Waals surface area contributed by atoms with Crippen LogP contribution < -0.4 is 0 Å². The average Bonchev–Trinajstić information content (AvgIpc) is 2.78. The van der Waals surface area contributed by atoms with Crippen LogP contribution in [-0.4, -0.2) is 30.3 Å². The predicted octanol–water partition coefficient (Wildman–Crippen LogP) is 2.80. The fourth-order valence-corrected chi connectivity index (χ4v) is 2.17. The number of methoxy groups -OCH3 is 2. The van der Waals surface area contributed by atoms with E-state index in [1.807, 2.05) is 35.0 Å². The zero-order valence-electron chi connectivity index (χ0n) is 10.3. The van der Waals surface area contributed by atoms with Crippen LogP contribution >= 0.6 is 15.9 Å². The molecule has 0 aliphatic carbocycles. The lowest BCUT2D eigenvalue weighted by atomic mass is 10.2. The van der Waals surface area contributed by atoms with Gasteiger partial charge in [-0.1, -0.05) is 18.2 Å². The number of aromatic nitrogens is 2. The molecule has 0 fully saturated rings. The Morgan fingerprint density at radius 1 is 1.22 bits per heavy atom. The minimum absolute atomic E-state index is 0.277. The van der Waals surface area contributed by atoms with Crippen molar-refractivity contribution in [2.45, 2.75) is 12.7 Å². The molecule has 0 spiro atoms. The van der Waals surface area contributed by atoms with Crippen molar-refractivity contribution in [1.82, 2.24) is 9.78 Å². The highest BCUT2D eigenvalue weighted by molar-refractivity contribution is 9.10. The van der Waals surface area contributed by atoms with Gasteiger partial charge in [-0.3, -0.25) is 0 Å². The molecule has 0 amide bonds. The summed E-state index contributed by atoms with van der Waals surface area (Å²) in [5.41, 5.74) is 2.04. The average molecular weight is 311 g/mol. The van der Waals surface area contributed by atoms with Crippen molar-refractivity contribution in [2.75, 3.05) is 14.2 Å². The number of benzene rings is 1. The highest BCUT2D eigenvalue weighted by atomic mass is 79.9. The molecule has 1 aromatic heterocycles. The third-order valence-corrected chi connectivity index (χ3v) is 3.37. The maximum atomic E-state index is 5.23. The summed E-state index contributed by atoms with van der Waals surface area (Å²) in [4.78, 5) is 0. The fraction of sp³-hybridized carbons (Fsp3) is 0.308. The molecule has 2 aromatic rings. The molecule has 0 aliphatic heterocycles. The summed E-state index contributed by atoms with van der Waals surface area (Å²) in [6.07, 6.45) is 2.13. The van der Waals surface area contributed by atoms with Gasteiger partial charge in [-0.25, -0.2) is 4.68 Å². The monoisotopic (exact) mass is 310 g/mol. The quantitative estimate of drug-likeness (QED) is 0.797. The first-order valence-corrected chi connectivity index (χ1v) is 6.39. The largest absolute Gasteiger partial charge is 0.356 e. The van der Waals surface area contributed by atoms with Crippen LogP contribution in [0.1, 0.15) is 5.69 Å². The number of nitrogens with zero attached hydrogens (tertiary/aromatic N) is 2. The van der Waals surface area contributed by atoms with Crippen LogP contribution in [0.15, 0.2) is 41.0 Å². The zero-order valence-corrected chi connectivity index (χ0v) is 11.9. The summed E-state index contributed by atoms with van der Waals surface area (Å²) in [7, 11) is 3.26. The lowest BCUT2D eigenvalue weighted by Crippen LogP contribution is -2.18.